The average Bonchev–Trinajstić information content (AvgIpc) is 3.16. The zero-order chi connectivity index (χ0) is 18.6. The van der Waals surface area contributed by atoms with Crippen molar-refractivity contribution in [3.8, 4) is 16.8 Å². The average molecular weight is 356 g/mol. The van der Waals surface area contributed by atoms with E-state index >= 15 is 0 Å². The Morgan fingerprint density at radius 1 is 1.07 bits per heavy atom. The van der Waals surface area contributed by atoms with Gasteiger partial charge in [0.15, 0.2) is 0 Å². The van der Waals surface area contributed by atoms with Crippen molar-refractivity contribution in [1.29, 1.82) is 0 Å². The van der Waals surface area contributed by atoms with Crippen molar-refractivity contribution in [2.75, 3.05) is 6.61 Å². The second kappa shape index (κ2) is 7.41. The van der Waals surface area contributed by atoms with Crippen molar-refractivity contribution in [3.63, 3.8) is 0 Å². The van der Waals surface area contributed by atoms with Crippen LogP contribution in [0.15, 0.2) is 78.5 Å². The second-order valence-corrected chi connectivity index (χ2v) is 6.20. The molecule has 0 N–H and O–H groups in total. The Morgan fingerprint density at radius 3 is 2.78 bits per heavy atom. The van der Waals surface area contributed by atoms with Crippen molar-refractivity contribution >= 4 is 16.7 Å². The molecule has 0 aliphatic heterocycles. The maximum absolute atomic E-state index is 5.15. The lowest BCUT2D eigenvalue weighted by molar-refractivity contribution is 0.159. The van der Waals surface area contributed by atoms with Gasteiger partial charge in [-0.25, -0.2) is 4.98 Å². The van der Waals surface area contributed by atoms with Crippen LogP contribution in [-0.4, -0.2) is 26.9 Å². The molecule has 4 rings (SSSR count). The van der Waals surface area contributed by atoms with Crippen molar-refractivity contribution in [2.24, 2.45) is 5.16 Å². The van der Waals surface area contributed by atoms with E-state index in [2.05, 4.69) is 56.1 Å². The highest BCUT2D eigenvalue weighted by molar-refractivity contribution is 6.01. The quantitative estimate of drug-likeness (QED) is 0.379. The highest BCUT2D eigenvalue weighted by Crippen LogP contribution is 2.24. The van der Waals surface area contributed by atoms with Crippen LogP contribution in [0, 0.1) is 0 Å². The molecule has 2 heterocycles. The van der Waals surface area contributed by atoms with Crippen LogP contribution in [0.4, 0.5) is 0 Å². The van der Waals surface area contributed by atoms with Crippen molar-refractivity contribution in [2.45, 2.75) is 13.8 Å². The van der Waals surface area contributed by atoms with Gasteiger partial charge in [-0.15, -0.1) is 0 Å². The lowest BCUT2D eigenvalue weighted by Crippen LogP contribution is -1.97. The Morgan fingerprint density at radius 2 is 1.96 bits per heavy atom. The van der Waals surface area contributed by atoms with E-state index < -0.39 is 0 Å². The summed E-state index contributed by atoms with van der Waals surface area (Å²) < 4.78 is 2.09. The van der Waals surface area contributed by atoms with Crippen LogP contribution < -0.4 is 0 Å². The summed E-state index contributed by atoms with van der Waals surface area (Å²) >= 11 is 0. The first-order valence-electron chi connectivity index (χ1n) is 8.91. The minimum atomic E-state index is 0.557. The number of benzene rings is 2. The van der Waals surface area contributed by atoms with Crippen LogP contribution in [-0.2, 0) is 4.84 Å². The summed E-state index contributed by atoms with van der Waals surface area (Å²) in [4.78, 5) is 13.9. The van der Waals surface area contributed by atoms with Crippen LogP contribution in [0.25, 0.3) is 27.8 Å². The van der Waals surface area contributed by atoms with E-state index in [1.165, 1.54) is 0 Å². The van der Waals surface area contributed by atoms with E-state index in [4.69, 9.17) is 4.84 Å². The van der Waals surface area contributed by atoms with Gasteiger partial charge in [0.25, 0.3) is 0 Å². The van der Waals surface area contributed by atoms with Crippen LogP contribution >= 0.6 is 0 Å². The standard InChI is InChI=1S/C22H20N4O/c1-3-27-25-16(2)17-9-10-22-21(13-17)24-15-26(22)20-8-4-6-18(12-20)19-7-5-11-23-14-19/h4-15H,3H2,1-2H3. The lowest BCUT2D eigenvalue weighted by Gasteiger charge is -2.08. The summed E-state index contributed by atoms with van der Waals surface area (Å²) in [6.45, 7) is 4.41. The number of hydrogen-bond acceptors (Lipinski definition) is 4. The maximum atomic E-state index is 5.15. The van der Waals surface area contributed by atoms with Crippen LogP contribution in [0.1, 0.15) is 19.4 Å². The highest BCUT2D eigenvalue weighted by Gasteiger charge is 2.08. The zero-order valence-corrected chi connectivity index (χ0v) is 15.3. The summed E-state index contributed by atoms with van der Waals surface area (Å²) in [5, 5.41) is 4.11. The molecule has 0 aliphatic rings. The summed E-state index contributed by atoms with van der Waals surface area (Å²) in [6, 6.07) is 18.5. The fraction of sp³-hybridized carbons (Fsp3) is 0.136. The number of fused-ring (bicyclic) bond motifs is 1. The number of imidazole rings is 1. The molecule has 0 radical (unpaired) electrons. The highest BCUT2D eigenvalue weighted by atomic mass is 16.6. The molecular formula is C22H20N4O. The lowest BCUT2D eigenvalue weighted by atomic mass is 10.1. The Bertz CT molecular complexity index is 1100. The number of pyridine rings is 1. The summed E-state index contributed by atoms with van der Waals surface area (Å²) in [7, 11) is 0. The molecule has 5 heteroatoms. The van der Waals surface area contributed by atoms with Crippen LogP contribution in [0.3, 0.4) is 0 Å². The first-order chi connectivity index (χ1) is 13.3. The molecule has 2 aromatic carbocycles. The topological polar surface area (TPSA) is 52.3 Å². The minimum Gasteiger partial charge on any atom is -0.396 e. The van der Waals surface area contributed by atoms with Gasteiger partial charge in [0, 0.05) is 29.2 Å². The molecule has 2 aromatic heterocycles. The number of nitrogens with zero attached hydrogens (tertiary/aromatic N) is 4. The molecule has 0 aliphatic carbocycles. The summed E-state index contributed by atoms with van der Waals surface area (Å²) in [5.74, 6) is 0. The number of aromatic nitrogens is 3. The second-order valence-electron chi connectivity index (χ2n) is 6.20. The van der Waals surface area contributed by atoms with E-state index in [0.29, 0.717) is 6.61 Å². The van der Waals surface area contributed by atoms with Gasteiger partial charge in [-0.05, 0) is 49.7 Å². The Kier molecular flexibility index (Phi) is 4.66. The fourth-order valence-electron chi connectivity index (χ4n) is 3.03. The molecule has 0 amide bonds. The molecule has 4 aromatic rings. The van der Waals surface area contributed by atoms with Gasteiger partial charge in [-0.3, -0.25) is 9.55 Å². The Hall–Kier alpha value is -3.47. The van der Waals surface area contributed by atoms with E-state index in [-0.39, 0.29) is 0 Å². The van der Waals surface area contributed by atoms with Crippen LogP contribution in [0.2, 0.25) is 0 Å². The first kappa shape index (κ1) is 17.0. The summed E-state index contributed by atoms with van der Waals surface area (Å²) in [5.41, 5.74) is 7.09. The van der Waals surface area contributed by atoms with Gasteiger partial charge in [-0.2, -0.15) is 0 Å². The molecule has 0 saturated heterocycles. The van der Waals surface area contributed by atoms with Gasteiger partial charge in [0.1, 0.15) is 12.9 Å². The number of oxime groups is 1. The SMILES string of the molecule is CCON=C(C)c1ccc2c(c1)ncn2-c1cccc(-c2cccnc2)c1. The van der Waals surface area contributed by atoms with E-state index in [0.717, 1.165) is 39.1 Å². The van der Waals surface area contributed by atoms with Gasteiger partial charge in [-0.1, -0.05) is 29.4 Å². The van der Waals surface area contributed by atoms with E-state index in [9.17, 15) is 0 Å². The van der Waals surface area contributed by atoms with Crippen molar-refractivity contribution in [3.05, 3.63) is 78.9 Å². The molecule has 134 valence electrons. The third-order valence-electron chi connectivity index (χ3n) is 4.41. The Balaban J connectivity index is 1.73. The molecule has 5 nitrogen and oxygen atoms in total. The molecule has 0 bridgehead atoms. The van der Waals surface area contributed by atoms with E-state index in [1.54, 1.807) is 6.20 Å². The third-order valence-corrected chi connectivity index (χ3v) is 4.41. The largest absolute Gasteiger partial charge is 0.396 e. The fourth-order valence-corrected chi connectivity index (χ4v) is 3.03. The smallest absolute Gasteiger partial charge is 0.114 e. The van der Waals surface area contributed by atoms with Gasteiger partial charge in [0.2, 0.25) is 0 Å². The zero-order valence-electron chi connectivity index (χ0n) is 15.3. The predicted molar refractivity (Wildman–Crippen MR) is 108 cm³/mol. The minimum absolute atomic E-state index is 0.557. The van der Waals surface area contributed by atoms with Gasteiger partial charge in [0.05, 0.1) is 16.7 Å². The molecule has 0 atom stereocenters. The predicted octanol–water partition coefficient (Wildman–Crippen LogP) is 4.85. The maximum Gasteiger partial charge on any atom is 0.114 e. The number of hydrogen-bond donors (Lipinski definition) is 0. The van der Waals surface area contributed by atoms with Crippen molar-refractivity contribution in [1.82, 2.24) is 14.5 Å². The van der Waals surface area contributed by atoms with Crippen LogP contribution in [0.5, 0.6) is 0 Å². The van der Waals surface area contributed by atoms with Gasteiger partial charge >= 0.3 is 0 Å². The van der Waals surface area contributed by atoms with Gasteiger partial charge < -0.3 is 4.84 Å². The Labute approximate surface area is 158 Å². The van der Waals surface area contributed by atoms with E-state index in [1.807, 2.05) is 44.6 Å². The van der Waals surface area contributed by atoms with Crippen molar-refractivity contribution < 1.29 is 4.84 Å². The molecular weight excluding hydrogens is 336 g/mol. The molecule has 0 unspecified atom stereocenters. The first-order valence-corrected chi connectivity index (χ1v) is 8.91. The molecule has 0 spiro atoms. The summed E-state index contributed by atoms with van der Waals surface area (Å²) in [6.07, 6.45) is 5.51. The third kappa shape index (κ3) is 3.44. The molecule has 27 heavy (non-hydrogen) atoms. The normalized spacial score (nSPS) is 11.7. The molecule has 0 fully saturated rings. The number of rotatable bonds is 5. The monoisotopic (exact) mass is 356 g/mol. The molecule has 0 saturated carbocycles.